The molecule has 0 spiro atoms. The minimum atomic E-state index is -0.935. The summed E-state index contributed by atoms with van der Waals surface area (Å²) in [6.07, 6.45) is 5.24. The van der Waals surface area contributed by atoms with E-state index >= 15 is 0 Å². The highest BCUT2D eigenvalue weighted by atomic mass is 35.5. The van der Waals surface area contributed by atoms with Gasteiger partial charge in [0.15, 0.2) is 0 Å². The highest BCUT2D eigenvalue weighted by molar-refractivity contribution is 6.35. The molecule has 0 bridgehead atoms. The van der Waals surface area contributed by atoms with Crippen LogP contribution in [0.2, 0.25) is 10.0 Å². The topological polar surface area (TPSA) is 90.0 Å². The number of fused-ring (bicyclic) bond motifs is 1. The van der Waals surface area contributed by atoms with Crippen molar-refractivity contribution in [1.82, 2.24) is 14.5 Å². The average Bonchev–Trinajstić information content (AvgIpc) is 3.47. The van der Waals surface area contributed by atoms with Gasteiger partial charge in [0.25, 0.3) is 0 Å². The van der Waals surface area contributed by atoms with E-state index in [2.05, 4.69) is 11.0 Å². The Morgan fingerprint density at radius 3 is 2.55 bits per heavy atom. The molecular formula is C30H31Cl2N3O5. The Hall–Kier alpha value is -3.30. The quantitative estimate of drug-likeness (QED) is 0.236. The summed E-state index contributed by atoms with van der Waals surface area (Å²) >= 11 is 12.1. The fourth-order valence-corrected chi connectivity index (χ4v) is 4.94. The smallest absolute Gasteiger partial charge is 0.335 e. The van der Waals surface area contributed by atoms with Crippen LogP contribution in [-0.4, -0.2) is 51.8 Å². The van der Waals surface area contributed by atoms with Crippen molar-refractivity contribution in [3.63, 3.8) is 0 Å². The normalized spacial score (nSPS) is 15.2. The maximum atomic E-state index is 11.3. The van der Waals surface area contributed by atoms with Crippen LogP contribution in [0.3, 0.4) is 0 Å². The number of nitrogens with zero attached hydrogens (tertiary/aromatic N) is 3. The lowest BCUT2D eigenvalue weighted by Gasteiger charge is -2.25. The van der Waals surface area contributed by atoms with Gasteiger partial charge in [-0.1, -0.05) is 34.9 Å². The second kappa shape index (κ2) is 12.9. The summed E-state index contributed by atoms with van der Waals surface area (Å²) in [7, 11) is 1.93. The Morgan fingerprint density at radius 1 is 1.10 bits per heavy atom. The number of carboxylic acid groups (broad SMARTS) is 1. The molecule has 0 atom stereocenters. The third kappa shape index (κ3) is 7.06. The highest BCUT2D eigenvalue weighted by Crippen LogP contribution is 2.28. The molecule has 0 aliphatic carbocycles. The molecular weight excluding hydrogens is 553 g/mol. The summed E-state index contributed by atoms with van der Waals surface area (Å²) in [6.45, 7) is 4.73. The SMILES string of the molecule is C1COC1.Cn1c(CN2CC=C(Cc3ccc(COc4ccc(Cl)cc4Cl)o3)CC2)nc2ccc(C(=O)O)cc21. The largest absolute Gasteiger partial charge is 0.484 e. The van der Waals surface area contributed by atoms with E-state index in [0.29, 0.717) is 28.9 Å². The van der Waals surface area contributed by atoms with Gasteiger partial charge in [0.05, 0.1) is 28.2 Å². The molecule has 4 heterocycles. The molecule has 40 heavy (non-hydrogen) atoms. The van der Waals surface area contributed by atoms with Crippen LogP contribution < -0.4 is 4.74 Å². The molecule has 8 nitrogen and oxygen atoms in total. The monoisotopic (exact) mass is 583 g/mol. The van der Waals surface area contributed by atoms with Crippen molar-refractivity contribution in [1.29, 1.82) is 0 Å². The Bertz CT molecular complexity index is 1520. The van der Waals surface area contributed by atoms with E-state index in [1.54, 1.807) is 36.4 Å². The van der Waals surface area contributed by atoms with Gasteiger partial charge in [0.1, 0.15) is 29.7 Å². The van der Waals surface area contributed by atoms with Gasteiger partial charge in [0, 0.05) is 44.8 Å². The van der Waals surface area contributed by atoms with E-state index in [4.69, 9.17) is 42.1 Å². The van der Waals surface area contributed by atoms with Crippen LogP contribution in [0.1, 0.15) is 40.5 Å². The number of ether oxygens (including phenoxy) is 2. The summed E-state index contributed by atoms with van der Waals surface area (Å²) in [4.78, 5) is 18.3. The molecule has 6 rings (SSSR count). The molecule has 1 saturated heterocycles. The number of carboxylic acids is 1. The lowest BCUT2D eigenvalue weighted by Crippen LogP contribution is -2.29. The van der Waals surface area contributed by atoms with E-state index < -0.39 is 5.97 Å². The van der Waals surface area contributed by atoms with Gasteiger partial charge in [-0.15, -0.1) is 0 Å². The third-order valence-corrected chi connectivity index (χ3v) is 7.46. The maximum absolute atomic E-state index is 11.3. The lowest BCUT2D eigenvalue weighted by molar-refractivity contribution is 0.0367. The molecule has 0 unspecified atom stereocenters. The molecule has 2 aliphatic rings. The number of halogens is 2. The summed E-state index contributed by atoms with van der Waals surface area (Å²) in [5.74, 6) is 2.19. The number of aryl methyl sites for hydroxylation is 1. The predicted octanol–water partition coefficient (Wildman–Crippen LogP) is 6.53. The lowest BCUT2D eigenvalue weighted by atomic mass is 10.0. The molecule has 2 aromatic carbocycles. The number of aromatic carboxylic acids is 1. The Balaban J connectivity index is 0.000000741. The van der Waals surface area contributed by atoms with Crippen molar-refractivity contribution in [2.24, 2.45) is 7.05 Å². The number of carbonyl (C=O) groups is 1. The summed E-state index contributed by atoms with van der Waals surface area (Å²) in [5, 5.41) is 10.3. The first-order chi connectivity index (χ1) is 19.4. The molecule has 2 aliphatic heterocycles. The first-order valence-electron chi connectivity index (χ1n) is 13.2. The van der Waals surface area contributed by atoms with E-state index in [1.807, 2.05) is 23.7 Å². The molecule has 10 heteroatoms. The van der Waals surface area contributed by atoms with Crippen LogP contribution in [0, 0.1) is 0 Å². The first kappa shape index (κ1) is 28.2. The number of benzene rings is 2. The van der Waals surface area contributed by atoms with E-state index in [1.165, 1.54) is 12.0 Å². The number of hydrogen-bond donors (Lipinski definition) is 1. The fourth-order valence-electron chi connectivity index (χ4n) is 4.48. The van der Waals surface area contributed by atoms with Crippen molar-refractivity contribution >= 4 is 40.2 Å². The summed E-state index contributed by atoms with van der Waals surface area (Å²) < 4.78 is 18.4. The van der Waals surface area contributed by atoms with Gasteiger partial charge >= 0.3 is 5.97 Å². The number of hydrogen-bond acceptors (Lipinski definition) is 6. The molecule has 1 fully saturated rings. The van der Waals surface area contributed by atoms with Crippen molar-refractivity contribution in [2.45, 2.75) is 32.4 Å². The van der Waals surface area contributed by atoms with Gasteiger partial charge in [-0.2, -0.15) is 0 Å². The van der Waals surface area contributed by atoms with Gasteiger partial charge in [-0.3, -0.25) is 4.90 Å². The molecule has 0 radical (unpaired) electrons. The summed E-state index contributed by atoms with van der Waals surface area (Å²) in [6, 6.07) is 14.1. The average molecular weight is 585 g/mol. The summed E-state index contributed by atoms with van der Waals surface area (Å²) in [5.41, 5.74) is 3.24. The van der Waals surface area contributed by atoms with Gasteiger partial charge in [0.2, 0.25) is 0 Å². The second-order valence-corrected chi connectivity index (χ2v) is 10.7. The van der Waals surface area contributed by atoms with E-state index in [0.717, 1.165) is 67.5 Å². The molecule has 4 aromatic rings. The van der Waals surface area contributed by atoms with Crippen molar-refractivity contribution in [2.75, 3.05) is 26.3 Å². The van der Waals surface area contributed by atoms with Crippen LogP contribution in [0.25, 0.3) is 11.0 Å². The standard InChI is InChI=1S/C27H25Cl2N3O4.C3H6O/c1-31-24-13-18(27(33)34)2-6-23(24)30-26(31)15-32-10-8-17(9-11-32)12-20-4-5-21(36-20)16-35-25-7-3-19(28)14-22(25)29;1-2-4-3-1/h2-8,13-14H,9-12,15-16H2,1H3,(H,33,34);1-3H2. The Morgan fingerprint density at radius 2 is 1.88 bits per heavy atom. The zero-order valence-corrected chi connectivity index (χ0v) is 23.7. The van der Waals surface area contributed by atoms with Crippen LogP contribution in [0.5, 0.6) is 5.75 Å². The molecule has 0 saturated carbocycles. The van der Waals surface area contributed by atoms with Crippen molar-refractivity contribution in [3.8, 4) is 5.75 Å². The van der Waals surface area contributed by atoms with Crippen LogP contribution >= 0.6 is 23.2 Å². The van der Waals surface area contributed by atoms with Crippen molar-refractivity contribution < 1.29 is 23.8 Å². The van der Waals surface area contributed by atoms with Gasteiger partial charge in [-0.25, -0.2) is 9.78 Å². The van der Waals surface area contributed by atoms with E-state index in [9.17, 15) is 9.90 Å². The van der Waals surface area contributed by atoms with Crippen LogP contribution in [0.15, 0.2) is 64.6 Å². The third-order valence-electron chi connectivity index (χ3n) is 6.93. The number of furan rings is 1. The number of aromatic nitrogens is 2. The molecule has 2 aromatic heterocycles. The number of rotatable bonds is 8. The van der Waals surface area contributed by atoms with Gasteiger partial charge < -0.3 is 23.6 Å². The predicted molar refractivity (Wildman–Crippen MR) is 154 cm³/mol. The Labute approximate surface area is 242 Å². The Kier molecular flexibility index (Phi) is 9.11. The second-order valence-electron chi connectivity index (χ2n) is 9.82. The number of imidazole rings is 1. The van der Waals surface area contributed by atoms with Crippen molar-refractivity contribution in [3.05, 3.63) is 93.1 Å². The highest BCUT2D eigenvalue weighted by Gasteiger charge is 2.18. The molecule has 0 amide bonds. The zero-order chi connectivity index (χ0) is 28.1. The van der Waals surface area contributed by atoms with Crippen LogP contribution in [0.4, 0.5) is 0 Å². The first-order valence-corrected chi connectivity index (χ1v) is 13.9. The zero-order valence-electron chi connectivity index (χ0n) is 22.2. The minimum Gasteiger partial charge on any atom is -0.484 e. The minimum absolute atomic E-state index is 0.268. The molecule has 1 N–H and O–H groups in total. The maximum Gasteiger partial charge on any atom is 0.335 e. The van der Waals surface area contributed by atoms with E-state index in [-0.39, 0.29) is 5.56 Å². The fraction of sp³-hybridized carbons (Fsp3) is 0.333. The molecule has 210 valence electrons. The van der Waals surface area contributed by atoms with Crippen LogP contribution in [-0.2, 0) is 31.4 Å². The van der Waals surface area contributed by atoms with Gasteiger partial charge in [-0.05, 0) is 61.4 Å².